The van der Waals surface area contributed by atoms with E-state index in [2.05, 4.69) is 26.2 Å². The predicted molar refractivity (Wildman–Crippen MR) is 102 cm³/mol. The minimum Gasteiger partial charge on any atom is -0.376 e. The van der Waals surface area contributed by atoms with E-state index in [0.29, 0.717) is 41.6 Å². The zero-order chi connectivity index (χ0) is 17.8. The summed E-state index contributed by atoms with van der Waals surface area (Å²) in [4.78, 5) is 27.6. The van der Waals surface area contributed by atoms with Gasteiger partial charge in [-0.3, -0.25) is 14.2 Å². The van der Waals surface area contributed by atoms with Gasteiger partial charge in [0.2, 0.25) is 5.91 Å². The van der Waals surface area contributed by atoms with Gasteiger partial charge < -0.3 is 15.0 Å². The standard InChI is InChI=1S/C17H20BrN3O3S/c18-11-5-6-14-13(9-11)16(23)21(17(25)20-14)7-1-4-15(22)19-10-12-3-2-8-24-12/h5-6,9,12H,1-4,7-8,10H2,(H,19,22)(H,20,25)/t12-/m0/s1. The molecule has 1 fully saturated rings. The van der Waals surface area contributed by atoms with Gasteiger partial charge in [-0.25, -0.2) is 0 Å². The number of ether oxygens (including phenoxy) is 1. The van der Waals surface area contributed by atoms with Crippen LogP contribution in [0.1, 0.15) is 25.7 Å². The Morgan fingerprint density at radius 2 is 2.32 bits per heavy atom. The van der Waals surface area contributed by atoms with Crippen molar-refractivity contribution in [1.29, 1.82) is 0 Å². The molecule has 0 radical (unpaired) electrons. The van der Waals surface area contributed by atoms with E-state index in [9.17, 15) is 9.59 Å². The van der Waals surface area contributed by atoms with Crippen molar-refractivity contribution in [3.63, 3.8) is 0 Å². The van der Waals surface area contributed by atoms with E-state index < -0.39 is 0 Å². The first-order chi connectivity index (χ1) is 12.0. The number of carbonyl (C=O) groups excluding carboxylic acids is 1. The number of hydrogen-bond acceptors (Lipinski definition) is 4. The van der Waals surface area contributed by atoms with Gasteiger partial charge in [0.25, 0.3) is 5.56 Å². The van der Waals surface area contributed by atoms with Crippen LogP contribution in [0, 0.1) is 4.77 Å². The first kappa shape index (κ1) is 18.3. The zero-order valence-electron chi connectivity index (χ0n) is 13.7. The number of hydrogen-bond donors (Lipinski definition) is 2. The van der Waals surface area contributed by atoms with Crippen molar-refractivity contribution in [2.45, 2.75) is 38.3 Å². The average molecular weight is 426 g/mol. The maximum atomic E-state index is 12.6. The fourth-order valence-electron chi connectivity index (χ4n) is 2.94. The lowest BCUT2D eigenvalue weighted by molar-refractivity contribution is -0.121. The minimum absolute atomic E-state index is 0.0259. The highest BCUT2D eigenvalue weighted by Crippen LogP contribution is 2.15. The van der Waals surface area contributed by atoms with Crippen LogP contribution in [0.25, 0.3) is 10.9 Å². The number of nitrogens with one attached hydrogen (secondary N) is 2. The van der Waals surface area contributed by atoms with E-state index in [4.69, 9.17) is 17.0 Å². The third kappa shape index (κ3) is 4.56. The van der Waals surface area contributed by atoms with E-state index in [1.165, 1.54) is 4.57 Å². The summed E-state index contributed by atoms with van der Waals surface area (Å²) >= 11 is 8.66. The molecule has 3 rings (SSSR count). The molecule has 1 amide bonds. The number of amides is 1. The molecule has 0 aliphatic carbocycles. The van der Waals surface area contributed by atoms with Crippen LogP contribution in [0.15, 0.2) is 27.5 Å². The number of nitrogens with zero attached hydrogens (tertiary/aromatic N) is 1. The second-order valence-corrected chi connectivity index (χ2v) is 7.42. The Bertz CT molecular complexity index is 887. The van der Waals surface area contributed by atoms with Crippen LogP contribution in [0.2, 0.25) is 0 Å². The molecule has 0 saturated carbocycles. The molecule has 0 spiro atoms. The summed E-state index contributed by atoms with van der Waals surface area (Å²) in [6.45, 7) is 1.74. The second kappa shape index (κ2) is 8.25. The van der Waals surface area contributed by atoms with Crippen LogP contribution >= 0.6 is 28.1 Å². The number of rotatable bonds is 6. The highest BCUT2D eigenvalue weighted by Gasteiger charge is 2.16. The summed E-state index contributed by atoms with van der Waals surface area (Å²) < 4.78 is 8.20. The number of benzene rings is 1. The molecule has 1 saturated heterocycles. The lowest BCUT2D eigenvalue weighted by atomic mass is 10.2. The second-order valence-electron chi connectivity index (χ2n) is 6.12. The third-order valence-corrected chi connectivity index (χ3v) is 5.10. The summed E-state index contributed by atoms with van der Waals surface area (Å²) in [5.41, 5.74) is 0.573. The van der Waals surface area contributed by atoms with Crippen molar-refractivity contribution in [2.75, 3.05) is 13.2 Å². The van der Waals surface area contributed by atoms with Crippen molar-refractivity contribution in [3.05, 3.63) is 37.8 Å². The number of fused-ring (bicyclic) bond motifs is 1. The van der Waals surface area contributed by atoms with Gasteiger partial charge in [-0.05, 0) is 49.7 Å². The summed E-state index contributed by atoms with van der Waals surface area (Å²) in [6.07, 6.45) is 3.09. The molecule has 2 aromatic rings. The van der Waals surface area contributed by atoms with Gasteiger partial charge in [-0.2, -0.15) is 0 Å². The highest BCUT2D eigenvalue weighted by atomic mass is 79.9. The molecule has 0 bridgehead atoms. The molecule has 134 valence electrons. The Morgan fingerprint density at radius 1 is 1.48 bits per heavy atom. The van der Waals surface area contributed by atoms with Crippen LogP contribution in [0.5, 0.6) is 0 Å². The summed E-state index contributed by atoms with van der Waals surface area (Å²) in [7, 11) is 0. The maximum Gasteiger partial charge on any atom is 0.262 e. The quantitative estimate of drug-likeness (QED) is 0.697. The largest absolute Gasteiger partial charge is 0.376 e. The van der Waals surface area contributed by atoms with Crippen LogP contribution < -0.4 is 10.9 Å². The SMILES string of the molecule is O=C(CCCn1c(=S)[nH]c2ccc(Br)cc2c1=O)NC[C@@H]1CCCO1. The van der Waals surface area contributed by atoms with Crippen molar-refractivity contribution in [3.8, 4) is 0 Å². The number of aromatic amines is 1. The van der Waals surface area contributed by atoms with Gasteiger partial charge >= 0.3 is 0 Å². The maximum absolute atomic E-state index is 12.6. The molecule has 25 heavy (non-hydrogen) atoms. The van der Waals surface area contributed by atoms with E-state index in [0.717, 1.165) is 23.9 Å². The smallest absolute Gasteiger partial charge is 0.262 e. The Labute approximate surface area is 158 Å². The van der Waals surface area contributed by atoms with Crippen LogP contribution in [-0.2, 0) is 16.1 Å². The van der Waals surface area contributed by atoms with E-state index in [1.807, 2.05) is 12.1 Å². The molecular weight excluding hydrogens is 406 g/mol. The van der Waals surface area contributed by atoms with Gasteiger partial charge in [0.05, 0.1) is 17.0 Å². The molecular formula is C17H20BrN3O3S. The van der Waals surface area contributed by atoms with E-state index in [1.54, 1.807) is 6.07 Å². The molecule has 2 N–H and O–H groups in total. The van der Waals surface area contributed by atoms with Gasteiger partial charge in [-0.1, -0.05) is 15.9 Å². The van der Waals surface area contributed by atoms with Crippen LogP contribution in [0.3, 0.4) is 0 Å². The fourth-order valence-corrected chi connectivity index (χ4v) is 3.59. The minimum atomic E-state index is -0.139. The first-order valence-corrected chi connectivity index (χ1v) is 9.55. The number of carbonyl (C=O) groups is 1. The molecule has 1 aliphatic heterocycles. The normalized spacial score (nSPS) is 17.1. The lowest BCUT2D eigenvalue weighted by Gasteiger charge is -2.11. The van der Waals surface area contributed by atoms with Crippen molar-refractivity contribution in [1.82, 2.24) is 14.9 Å². The van der Waals surface area contributed by atoms with Crippen molar-refractivity contribution >= 4 is 45.0 Å². The van der Waals surface area contributed by atoms with Gasteiger partial charge in [0.1, 0.15) is 0 Å². The van der Waals surface area contributed by atoms with Gasteiger partial charge in [0, 0.05) is 30.6 Å². The van der Waals surface area contributed by atoms with Crippen LogP contribution in [0.4, 0.5) is 0 Å². The zero-order valence-corrected chi connectivity index (χ0v) is 16.1. The average Bonchev–Trinajstić information content (AvgIpc) is 3.10. The summed E-state index contributed by atoms with van der Waals surface area (Å²) in [6, 6.07) is 5.45. The fraction of sp³-hybridized carbons (Fsp3) is 0.471. The molecule has 6 nitrogen and oxygen atoms in total. The number of H-pyrrole nitrogens is 1. The Balaban J connectivity index is 1.60. The van der Waals surface area contributed by atoms with Crippen molar-refractivity contribution in [2.24, 2.45) is 0 Å². The summed E-state index contributed by atoms with van der Waals surface area (Å²) in [5.74, 6) is -0.0259. The predicted octanol–water partition coefficient (Wildman–Crippen LogP) is 2.90. The van der Waals surface area contributed by atoms with Gasteiger partial charge in [-0.15, -0.1) is 0 Å². The Morgan fingerprint density at radius 3 is 3.08 bits per heavy atom. The van der Waals surface area contributed by atoms with Crippen molar-refractivity contribution < 1.29 is 9.53 Å². The Kier molecular flexibility index (Phi) is 6.03. The lowest BCUT2D eigenvalue weighted by Crippen LogP contribution is -2.32. The highest BCUT2D eigenvalue weighted by molar-refractivity contribution is 9.10. The molecule has 2 heterocycles. The molecule has 0 unspecified atom stereocenters. The molecule has 1 aliphatic rings. The first-order valence-electron chi connectivity index (χ1n) is 8.35. The molecule has 1 aromatic heterocycles. The molecule has 1 atom stereocenters. The number of halogens is 1. The third-order valence-electron chi connectivity index (χ3n) is 4.28. The molecule has 1 aromatic carbocycles. The van der Waals surface area contributed by atoms with E-state index >= 15 is 0 Å². The van der Waals surface area contributed by atoms with E-state index in [-0.39, 0.29) is 17.6 Å². The van der Waals surface area contributed by atoms with Gasteiger partial charge in [0.15, 0.2) is 4.77 Å². The summed E-state index contributed by atoms with van der Waals surface area (Å²) in [5, 5.41) is 3.46. The number of aromatic nitrogens is 2. The molecule has 8 heteroatoms. The Hall–Kier alpha value is -1.51. The topological polar surface area (TPSA) is 76.1 Å². The monoisotopic (exact) mass is 425 g/mol. The van der Waals surface area contributed by atoms with Crippen LogP contribution in [-0.4, -0.2) is 34.7 Å².